The van der Waals surface area contributed by atoms with E-state index in [0.29, 0.717) is 16.8 Å². The van der Waals surface area contributed by atoms with Gasteiger partial charge in [0.25, 0.3) is 5.91 Å². The van der Waals surface area contributed by atoms with Gasteiger partial charge >= 0.3 is 0 Å². The third-order valence-corrected chi connectivity index (χ3v) is 6.46. The van der Waals surface area contributed by atoms with Crippen LogP contribution in [0.5, 0.6) is 5.75 Å². The molecule has 2 aromatic carbocycles. The molecule has 4 aromatic rings. The van der Waals surface area contributed by atoms with E-state index in [-0.39, 0.29) is 28.0 Å². The van der Waals surface area contributed by atoms with E-state index in [4.69, 9.17) is 4.74 Å². The number of nitrogens with one attached hydrogen (secondary N) is 2. The lowest BCUT2D eigenvalue weighted by Crippen LogP contribution is -2.22. The van der Waals surface area contributed by atoms with Crippen LogP contribution in [-0.2, 0) is 16.4 Å². The summed E-state index contributed by atoms with van der Waals surface area (Å²) in [5.74, 6) is -0.980. The molecule has 0 saturated heterocycles. The van der Waals surface area contributed by atoms with Gasteiger partial charge in [-0.3, -0.25) is 9.89 Å². The number of halogens is 1. The van der Waals surface area contributed by atoms with Crippen molar-refractivity contribution in [2.75, 3.05) is 7.11 Å². The fraction of sp³-hybridized carbons (Fsp3) is 0.0952. The normalized spacial score (nSPS) is 11.4. The van der Waals surface area contributed by atoms with Crippen molar-refractivity contribution in [2.24, 2.45) is 0 Å². The number of carbonyl (C=O) groups is 1. The second kappa shape index (κ2) is 8.15. The van der Waals surface area contributed by atoms with Gasteiger partial charge in [-0.25, -0.2) is 17.8 Å². The SMILES string of the molecule is COc1cc(F)ccc1S(=O)(=O)c1ccc(CNC(=O)c2cnc3[nH]ncc3c2)cc1. The van der Waals surface area contributed by atoms with Crippen molar-refractivity contribution in [3.8, 4) is 5.75 Å². The fourth-order valence-electron chi connectivity index (χ4n) is 3.02. The van der Waals surface area contributed by atoms with Crippen LogP contribution in [0.2, 0.25) is 0 Å². The van der Waals surface area contributed by atoms with Gasteiger partial charge in [-0.1, -0.05) is 12.1 Å². The number of hydrogen-bond donors (Lipinski definition) is 2. The number of rotatable bonds is 6. The van der Waals surface area contributed by atoms with E-state index >= 15 is 0 Å². The van der Waals surface area contributed by atoms with Crippen molar-refractivity contribution < 1.29 is 22.3 Å². The van der Waals surface area contributed by atoms with Crippen molar-refractivity contribution >= 4 is 26.8 Å². The number of amides is 1. The Morgan fingerprint density at radius 2 is 1.90 bits per heavy atom. The van der Waals surface area contributed by atoms with E-state index in [1.54, 1.807) is 24.4 Å². The number of ether oxygens (including phenoxy) is 1. The van der Waals surface area contributed by atoms with Gasteiger partial charge in [0.1, 0.15) is 16.5 Å². The standard InChI is InChI=1S/C21H17FN4O4S/c1-30-18-9-16(22)4-7-19(18)31(28,29)17-5-2-13(3-6-17)10-24-21(27)15-8-14-12-25-26-20(14)23-11-15/h2-9,11-12H,10H2,1H3,(H,24,27)(H,23,25,26). The predicted molar refractivity (Wildman–Crippen MR) is 110 cm³/mol. The molecular formula is C21H17FN4O4S. The number of pyridine rings is 1. The monoisotopic (exact) mass is 440 g/mol. The number of aromatic nitrogens is 3. The zero-order valence-electron chi connectivity index (χ0n) is 16.3. The molecular weight excluding hydrogens is 423 g/mol. The number of nitrogens with zero attached hydrogens (tertiary/aromatic N) is 2. The summed E-state index contributed by atoms with van der Waals surface area (Å²) in [6.45, 7) is 0.197. The molecule has 31 heavy (non-hydrogen) atoms. The zero-order chi connectivity index (χ0) is 22.0. The Morgan fingerprint density at radius 1 is 1.13 bits per heavy atom. The smallest absolute Gasteiger partial charge is 0.253 e. The van der Waals surface area contributed by atoms with Crippen molar-refractivity contribution in [3.63, 3.8) is 0 Å². The molecule has 0 aliphatic rings. The van der Waals surface area contributed by atoms with Crippen molar-refractivity contribution in [3.05, 3.63) is 77.9 Å². The minimum absolute atomic E-state index is 0.0297. The number of aromatic amines is 1. The molecule has 0 fully saturated rings. The average molecular weight is 440 g/mol. The van der Waals surface area contributed by atoms with E-state index in [9.17, 15) is 17.6 Å². The first-order valence-corrected chi connectivity index (χ1v) is 10.6. The molecule has 0 bridgehead atoms. The minimum Gasteiger partial charge on any atom is -0.495 e. The lowest BCUT2D eigenvalue weighted by molar-refractivity contribution is 0.0950. The molecule has 0 spiro atoms. The van der Waals surface area contributed by atoms with Crippen molar-refractivity contribution in [1.82, 2.24) is 20.5 Å². The van der Waals surface area contributed by atoms with Crippen LogP contribution in [0.3, 0.4) is 0 Å². The van der Waals surface area contributed by atoms with Crippen LogP contribution in [-0.4, -0.2) is 36.6 Å². The summed E-state index contributed by atoms with van der Waals surface area (Å²) in [6.07, 6.45) is 3.02. The van der Waals surface area contributed by atoms with Crippen LogP contribution in [0.25, 0.3) is 11.0 Å². The van der Waals surface area contributed by atoms with E-state index < -0.39 is 15.7 Å². The van der Waals surface area contributed by atoms with Crippen LogP contribution in [0.4, 0.5) is 4.39 Å². The van der Waals surface area contributed by atoms with E-state index in [2.05, 4.69) is 20.5 Å². The molecule has 1 amide bonds. The molecule has 2 aromatic heterocycles. The van der Waals surface area contributed by atoms with Gasteiger partial charge in [0, 0.05) is 24.2 Å². The van der Waals surface area contributed by atoms with Crippen LogP contribution < -0.4 is 10.1 Å². The number of sulfone groups is 1. The highest BCUT2D eigenvalue weighted by Gasteiger charge is 2.22. The number of methoxy groups -OCH3 is 1. The molecule has 0 aliphatic carbocycles. The maximum atomic E-state index is 13.4. The quantitative estimate of drug-likeness (QED) is 0.446. The Bertz CT molecular complexity index is 1370. The Hall–Kier alpha value is -3.79. The highest BCUT2D eigenvalue weighted by atomic mass is 32.2. The molecule has 10 heteroatoms. The first kappa shape index (κ1) is 20.5. The van der Waals surface area contributed by atoms with E-state index in [0.717, 1.165) is 17.5 Å². The third kappa shape index (κ3) is 4.10. The predicted octanol–water partition coefficient (Wildman–Crippen LogP) is 2.87. The summed E-state index contributed by atoms with van der Waals surface area (Å²) in [5, 5.41) is 10.1. The fourth-order valence-corrected chi connectivity index (χ4v) is 4.42. The second-order valence-corrected chi connectivity index (χ2v) is 8.58. The van der Waals surface area contributed by atoms with Gasteiger partial charge in [-0.2, -0.15) is 5.10 Å². The summed E-state index contributed by atoms with van der Waals surface area (Å²) < 4.78 is 44.2. The van der Waals surface area contributed by atoms with Gasteiger partial charge < -0.3 is 10.1 Å². The zero-order valence-corrected chi connectivity index (χ0v) is 17.1. The molecule has 4 rings (SSSR count). The molecule has 0 saturated carbocycles. The first-order chi connectivity index (χ1) is 14.9. The maximum Gasteiger partial charge on any atom is 0.253 e. The minimum atomic E-state index is -3.90. The van der Waals surface area contributed by atoms with Crippen LogP contribution in [0.1, 0.15) is 15.9 Å². The third-order valence-electron chi connectivity index (χ3n) is 4.66. The van der Waals surface area contributed by atoms with Gasteiger partial charge in [-0.05, 0) is 35.9 Å². The van der Waals surface area contributed by atoms with Crippen LogP contribution in [0, 0.1) is 5.82 Å². The molecule has 2 heterocycles. The van der Waals surface area contributed by atoms with Crippen molar-refractivity contribution in [1.29, 1.82) is 0 Å². The van der Waals surface area contributed by atoms with Crippen molar-refractivity contribution in [2.45, 2.75) is 16.3 Å². The topological polar surface area (TPSA) is 114 Å². The van der Waals surface area contributed by atoms with E-state index in [1.165, 1.54) is 31.5 Å². The lowest BCUT2D eigenvalue weighted by atomic mass is 10.2. The molecule has 0 unspecified atom stereocenters. The Balaban J connectivity index is 1.48. The molecule has 8 nitrogen and oxygen atoms in total. The lowest BCUT2D eigenvalue weighted by Gasteiger charge is -2.11. The van der Waals surface area contributed by atoms with E-state index in [1.807, 2.05) is 0 Å². The van der Waals surface area contributed by atoms with Gasteiger partial charge in [-0.15, -0.1) is 0 Å². The second-order valence-electron chi connectivity index (χ2n) is 6.66. The Labute approximate surface area is 177 Å². The summed E-state index contributed by atoms with van der Waals surface area (Å²) in [7, 11) is -2.62. The van der Waals surface area contributed by atoms with Gasteiger partial charge in [0.05, 0.1) is 23.8 Å². The van der Waals surface area contributed by atoms with Crippen LogP contribution >= 0.6 is 0 Å². The molecule has 0 atom stereocenters. The number of hydrogen-bond acceptors (Lipinski definition) is 6. The number of fused-ring (bicyclic) bond motifs is 1. The summed E-state index contributed by atoms with van der Waals surface area (Å²) in [4.78, 5) is 16.4. The number of carbonyl (C=O) groups excluding carboxylic acids is 1. The Morgan fingerprint density at radius 3 is 2.65 bits per heavy atom. The largest absolute Gasteiger partial charge is 0.495 e. The molecule has 158 valence electrons. The summed E-state index contributed by atoms with van der Waals surface area (Å²) in [6, 6.07) is 11.0. The maximum absolute atomic E-state index is 13.4. The molecule has 0 radical (unpaired) electrons. The average Bonchev–Trinajstić information content (AvgIpc) is 3.25. The summed E-state index contributed by atoms with van der Waals surface area (Å²) in [5.41, 5.74) is 1.68. The molecule has 2 N–H and O–H groups in total. The number of H-pyrrole nitrogens is 1. The first-order valence-electron chi connectivity index (χ1n) is 9.13. The van der Waals surface area contributed by atoms with Gasteiger partial charge in [0.2, 0.25) is 9.84 Å². The highest BCUT2D eigenvalue weighted by Crippen LogP contribution is 2.30. The summed E-state index contributed by atoms with van der Waals surface area (Å²) >= 11 is 0. The van der Waals surface area contributed by atoms with Crippen LogP contribution in [0.15, 0.2) is 70.7 Å². The highest BCUT2D eigenvalue weighted by molar-refractivity contribution is 7.91. The Kier molecular flexibility index (Phi) is 5.38. The number of benzene rings is 2. The molecule has 0 aliphatic heterocycles. The van der Waals surface area contributed by atoms with Gasteiger partial charge in [0.15, 0.2) is 5.65 Å².